The third-order valence-electron chi connectivity index (χ3n) is 5.47. The van der Waals surface area contributed by atoms with Crippen molar-refractivity contribution in [1.29, 1.82) is 0 Å². The lowest BCUT2D eigenvalue weighted by Gasteiger charge is -2.35. The largest absolute Gasteiger partial charge is 0.465 e. The van der Waals surface area contributed by atoms with Crippen LogP contribution in [0, 0.1) is 6.92 Å². The Kier molecular flexibility index (Phi) is 7.84. The van der Waals surface area contributed by atoms with E-state index in [4.69, 9.17) is 9.47 Å². The number of carbonyl (C=O) groups excluding carboxylic acids is 2. The summed E-state index contributed by atoms with van der Waals surface area (Å²) in [4.78, 5) is 28.5. The number of sulfonamides is 1. The topological polar surface area (TPSA) is 114 Å². The van der Waals surface area contributed by atoms with Gasteiger partial charge in [-0.15, -0.1) is 0 Å². The second-order valence-electron chi connectivity index (χ2n) is 9.35. The van der Waals surface area contributed by atoms with E-state index in [1.807, 2.05) is 6.92 Å². The number of esters is 1. The number of ether oxygens (including phenoxy) is 2. The van der Waals surface area contributed by atoms with Gasteiger partial charge in [0.05, 0.1) is 17.6 Å². The fourth-order valence-electron chi connectivity index (χ4n) is 3.62. The molecule has 1 heterocycles. The number of aryl methyl sites for hydroxylation is 1. The number of rotatable bonds is 5. The highest BCUT2D eigenvalue weighted by atomic mass is 32.2. The predicted octanol–water partition coefficient (Wildman–Crippen LogP) is 3.84. The monoisotopic (exact) mass is 501 g/mol. The van der Waals surface area contributed by atoms with Crippen molar-refractivity contribution in [1.82, 2.24) is 9.73 Å². The summed E-state index contributed by atoms with van der Waals surface area (Å²) < 4.78 is 35.8. The van der Waals surface area contributed by atoms with Gasteiger partial charge in [0, 0.05) is 31.1 Å². The number of amides is 1. The van der Waals surface area contributed by atoms with Gasteiger partial charge in [-0.05, 0) is 57.5 Å². The lowest BCUT2D eigenvalue weighted by Crippen LogP contribution is -2.45. The van der Waals surface area contributed by atoms with Gasteiger partial charge in [0.1, 0.15) is 5.60 Å². The van der Waals surface area contributed by atoms with Crippen molar-refractivity contribution < 1.29 is 27.5 Å². The highest BCUT2D eigenvalue weighted by Gasteiger charge is 2.32. The van der Waals surface area contributed by atoms with Crippen molar-refractivity contribution in [2.45, 2.75) is 50.5 Å². The van der Waals surface area contributed by atoms with E-state index in [2.05, 4.69) is 9.93 Å². The van der Waals surface area contributed by atoms with E-state index in [-0.39, 0.29) is 11.4 Å². The van der Waals surface area contributed by atoms with Gasteiger partial charge in [0.2, 0.25) is 0 Å². The molecular weight excluding hydrogens is 470 g/mol. The molecule has 1 amide bonds. The van der Waals surface area contributed by atoms with Gasteiger partial charge in [0.25, 0.3) is 10.0 Å². The van der Waals surface area contributed by atoms with Crippen LogP contribution in [0.4, 0.5) is 4.79 Å². The van der Waals surface area contributed by atoms with Crippen LogP contribution in [0.1, 0.15) is 54.6 Å². The Bertz CT molecular complexity index is 1200. The molecule has 0 aliphatic carbocycles. The summed E-state index contributed by atoms with van der Waals surface area (Å²) in [6.07, 6.45) is -0.105. The molecule has 188 valence electrons. The van der Waals surface area contributed by atoms with Gasteiger partial charge in [-0.25, -0.2) is 14.4 Å². The van der Waals surface area contributed by atoms with Crippen LogP contribution in [0.2, 0.25) is 0 Å². The molecule has 10 heteroatoms. The van der Waals surface area contributed by atoms with Crippen LogP contribution in [-0.2, 0) is 19.5 Å². The summed E-state index contributed by atoms with van der Waals surface area (Å²) in [5.74, 6) is -0.862. The lowest BCUT2D eigenvalue weighted by molar-refractivity contribution is 0.0239. The maximum atomic E-state index is 12.8. The number of nitrogens with zero attached hydrogens (tertiary/aromatic N) is 2. The summed E-state index contributed by atoms with van der Waals surface area (Å²) in [6, 6.07) is 13.2. The van der Waals surface area contributed by atoms with Crippen molar-refractivity contribution in [2.75, 3.05) is 20.2 Å². The zero-order chi connectivity index (χ0) is 25.8. The van der Waals surface area contributed by atoms with Crippen molar-refractivity contribution >= 4 is 27.8 Å². The Labute approximate surface area is 206 Å². The quantitative estimate of drug-likeness (QED) is 0.492. The zero-order valence-electron chi connectivity index (χ0n) is 20.6. The maximum Gasteiger partial charge on any atom is 0.410 e. The number of nitrogens with one attached hydrogen (secondary N) is 1. The highest BCUT2D eigenvalue weighted by Crippen LogP contribution is 2.27. The summed E-state index contributed by atoms with van der Waals surface area (Å²) >= 11 is 0. The predicted molar refractivity (Wildman–Crippen MR) is 132 cm³/mol. The molecule has 1 aliphatic rings. The first kappa shape index (κ1) is 26.2. The second-order valence-corrected chi connectivity index (χ2v) is 11.0. The number of hydrazone groups is 1. The molecule has 0 radical (unpaired) electrons. The highest BCUT2D eigenvalue weighted by molar-refractivity contribution is 7.89. The number of methoxy groups -OCH3 is 1. The smallest absolute Gasteiger partial charge is 0.410 e. The van der Waals surface area contributed by atoms with Crippen LogP contribution in [0.5, 0.6) is 0 Å². The summed E-state index contributed by atoms with van der Waals surface area (Å²) in [7, 11) is -2.55. The SMILES string of the molecule is COC(=O)c1ccc(C2CN(C(=O)OC(C)(C)C)CCC2=NNS(=O)(=O)c2ccc(C)cc2)cc1. The van der Waals surface area contributed by atoms with Crippen LogP contribution in [-0.4, -0.2) is 56.9 Å². The minimum Gasteiger partial charge on any atom is -0.465 e. The summed E-state index contributed by atoms with van der Waals surface area (Å²) in [6.45, 7) is 7.84. The Morgan fingerprint density at radius 1 is 1.06 bits per heavy atom. The first-order valence-electron chi connectivity index (χ1n) is 11.2. The zero-order valence-corrected chi connectivity index (χ0v) is 21.4. The van der Waals surface area contributed by atoms with Crippen molar-refractivity contribution in [2.24, 2.45) is 5.10 Å². The molecule has 1 unspecified atom stereocenters. The summed E-state index contributed by atoms with van der Waals surface area (Å²) in [5, 5.41) is 4.26. The molecule has 35 heavy (non-hydrogen) atoms. The molecule has 3 rings (SSSR count). The number of hydrogen-bond acceptors (Lipinski definition) is 7. The number of benzene rings is 2. The van der Waals surface area contributed by atoms with Gasteiger partial charge in [-0.3, -0.25) is 0 Å². The fourth-order valence-corrected chi connectivity index (χ4v) is 4.46. The van der Waals surface area contributed by atoms with Gasteiger partial charge in [-0.1, -0.05) is 29.8 Å². The minimum absolute atomic E-state index is 0.109. The van der Waals surface area contributed by atoms with Crippen molar-refractivity contribution in [3.63, 3.8) is 0 Å². The maximum absolute atomic E-state index is 12.8. The van der Waals surface area contributed by atoms with Crippen LogP contribution >= 0.6 is 0 Å². The molecule has 9 nitrogen and oxygen atoms in total. The molecule has 0 saturated carbocycles. The first-order valence-corrected chi connectivity index (χ1v) is 12.7. The van der Waals surface area contributed by atoms with Crippen LogP contribution < -0.4 is 4.83 Å². The van der Waals surface area contributed by atoms with Gasteiger partial charge < -0.3 is 14.4 Å². The molecule has 0 bridgehead atoms. The van der Waals surface area contributed by atoms with Gasteiger partial charge >= 0.3 is 12.1 Å². The molecule has 1 N–H and O–H groups in total. The van der Waals surface area contributed by atoms with Crippen LogP contribution in [0.3, 0.4) is 0 Å². The molecule has 1 saturated heterocycles. The molecule has 1 fully saturated rings. The van der Waals surface area contributed by atoms with Gasteiger partial charge in [-0.2, -0.15) is 13.5 Å². The van der Waals surface area contributed by atoms with E-state index in [0.717, 1.165) is 11.1 Å². The molecule has 0 spiro atoms. The van der Waals surface area contributed by atoms with E-state index in [1.165, 1.54) is 19.2 Å². The van der Waals surface area contributed by atoms with Crippen molar-refractivity contribution in [3.05, 3.63) is 65.2 Å². The molecule has 2 aromatic rings. The average Bonchev–Trinajstić information content (AvgIpc) is 2.81. The third kappa shape index (κ3) is 6.82. The summed E-state index contributed by atoms with van der Waals surface area (Å²) in [5.41, 5.74) is 2.03. The Balaban J connectivity index is 1.89. The number of likely N-dealkylation sites (tertiary alicyclic amines) is 1. The van der Waals surface area contributed by atoms with E-state index < -0.39 is 33.6 Å². The van der Waals surface area contributed by atoms with E-state index in [9.17, 15) is 18.0 Å². The lowest BCUT2D eigenvalue weighted by atomic mass is 9.88. The minimum atomic E-state index is -3.86. The fraction of sp³-hybridized carbons (Fsp3) is 0.400. The molecule has 2 aromatic carbocycles. The Morgan fingerprint density at radius 2 is 1.69 bits per heavy atom. The van der Waals surface area contributed by atoms with E-state index >= 15 is 0 Å². The molecular formula is C25H31N3O6S. The van der Waals surface area contributed by atoms with Crippen LogP contribution in [0.15, 0.2) is 58.5 Å². The molecule has 0 aromatic heterocycles. The average molecular weight is 502 g/mol. The Hall–Kier alpha value is -3.40. The standard InChI is InChI=1S/C25H31N3O6S/c1-17-6-12-20(13-7-17)35(31,32)27-26-22-14-15-28(24(30)34-25(2,3)4)16-21(22)18-8-10-19(11-9-18)23(29)33-5/h6-13,21,27H,14-16H2,1-5H3. The molecule has 1 aliphatic heterocycles. The molecule has 1 atom stereocenters. The van der Waals surface area contributed by atoms with Crippen LogP contribution in [0.25, 0.3) is 0 Å². The van der Waals surface area contributed by atoms with Gasteiger partial charge in [0.15, 0.2) is 0 Å². The number of hydrogen-bond donors (Lipinski definition) is 1. The first-order chi connectivity index (χ1) is 16.4. The van der Waals surface area contributed by atoms with Crippen molar-refractivity contribution in [3.8, 4) is 0 Å². The third-order valence-corrected chi connectivity index (χ3v) is 6.69. The van der Waals surface area contributed by atoms with E-state index in [1.54, 1.807) is 62.1 Å². The Morgan fingerprint density at radius 3 is 2.26 bits per heavy atom. The number of carbonyl (C=O) groups is 2. The second kappa shape index (κ2) is 10.5. The van der Waals surface area contributed by atoms with E-state index in [0.29, 0.717) is 24.2 Å². The normalized spacial score (nSPS) is 17.7. The number of piperidine rings is 1.